The van der Waals surface area contributed by atoms with Gasteiger partial charge in [-0.3, -0.25) is 4.79 Å². The van der Waals surface area contributed by atoms with Crippen molar-refractivity contribution in [2.75, 3.05) is 7.11 Å². The van der Waals surface area contributed by atoms with Crippen LogP contribution in [0.25, 0.3) is 0 Å². The molecule has 4 heteroatoms. The number of rotatable bonds is 10. The Morgan fingerprint density at radius 1 is 1.11 bits per heavy atom. The van der Waals surface area contributed by atoms with E-state index in [4.69, 9.17) is 4.74 Å². The van der Waals surface area contributed by atoms with Crippen LogP contribution in [0, 0.1) is 0 Å². The summed E-state index contributed by atoms with van der Waals surface area (Å²) in [5.74, 6) is -0.918. The Balaban J connectivity index is 4.10. The molecule has 0 heterocycles. The Kier molecular flexibility index (Phi) is 9.85. The van der Waals surface area contributed by atoms with Crippen LogP contribution in [-0.2, 0) is 19.1 Å². The van der Waals surface area contributed by atoms with Gasteiger partial charge in [0, 0.05) is 6.92 Å². The second-order valence-corrected chi connectivity index (χ2v) is 4.67. The predicted molar refractivity (Wildman–Crippen MR) is 74.7 cm³/mol. The van der Waals surface area contributed by atoms with E-state index in [2.05, 4.69) is 18.2 Å². The first kappa shape index (κ1) is 17.7. The monoisotopic (exact) mass is 270 g/mol. The SMILES string of the molecule is C=C(C(=O)OC)C(CCCCCCCC)OC(C)=O. The largest absolute Gasteiger partial charge is 0.466 e. The fourth-order valence-electron chi connectivity index (χ4n) is 1.88. The molecule has 0 fully saturated rings. The molecule has 0 amide bonds. The standard InChI is InChI=1S/C15H26O4/c1-5-6-7-8-9-10-11-14(19-13(3)16)12(2)15(17)18-4/h14H,2,5-11H2,1,3-4H3. The lowest BCUT2D eigenvalue weighted by Crippen LogP contribution is -2.24. The molecule has 110 valence electrons. The number of ether oxygens (including phenoxy) is 2. The molecule has 0 aromatic carbocycles. The van der Waals surface area contributed by atoms with Gasteiger partial charge in [-0.2, -0.15) is 0 Å². The van der Waals surface area contributed by atoms with Crippen molar-refractivity contribution < 1.29 is 19.1 Å². The topological polar surface area (TPSA) is 52.6 Å². The highest BCUT2D eigenvalue weighted by Gasteiger charge is 2.21. The van der Waals surface area contributed by atoms with Crippen LogP contribution in [0.5, 0.6) is 0 Å². The van der Waals surface area contributed by atoms with E-state index in [0.29, 0.717) is 6.42 Å². The molecule has 0 aliphatic carbocycles. The van der Waals surface area contributed by atoms with Crippen LogP contribution in [0.15, 0.2) is 12.2 Å². The summed E-state index contributed by atoms with van der Waals surface area (Å²) < 4.78 is 9.73. The third kappa shape index (κ3) is 8.41. The summed E-state index contributed by atoms with van der Waals surface area (Å²) in [5.41, 5.74) is 0.214. The Morgan fingerprint density at radius 2 is 1.68 bits per heavy atom. The summed E-state index contributed by atoms with van der Waals surface area (Å²) in [6, 6.07) is 0. The second kappa shape index (κ2) is 10.6. The van der Waals surface area contributed by atoms with Crippen molar-refractivity contribution in [3.63, 3.8) is 0 Å². The van der Waals surface area contributed by atoms with Gasteiger partial charge < -0.3 is 9.47 Å². The van der Waals surface area contributed by atoms with E-state index in [1.165, 1.54) is 39.7 Å². The average Bonchev–Trinajstić information content (AvgIpc) is 2.39. The number of hydrogen-bond acceptors (Lipinski definition) is 4. The summed E-state index contributed by atoms with van der Waals surface area (Å²) in [5, 5.41) is 0. The fourth-order valence-corrected chi connectivity index (χ4v) is 1.88. The minimum atomic E-state index is -0.559. The van der Waals surface area contributed by atoms with Crippen LogP contribution in [0.1, 0.15) is 58.8 Å². The third-order valence-corrected chi connectivity index (χ3v) is 2.96. The second-order valence-electron chi connectivity index (χ2n) is 4.67. The van der Waals surface area contributed by atoms with E-state index < -0.39 is 18.0 Å². The maximum Gasteiger partial charge on any atom is 0.336 e. The van der Waals surface area contributed by atoms with Crippen molar-refractivity contribution in [2.45, 2.75) is 64.9 Å². The minimum Gasteiger partial charge on any atom is -0.466 e. The van der Waals surface area contributed by atoms with Crippen LogP contribution in [0.4, 0.5) is 0 Å². The Bertz CT molecular complexity index is 297. The molecule has 0 aliphatic heterocycles. The van der Waals surface area contributed by atoms with E-state index in [9.17, 15) is 9.59 Å². The molecule has 0 saturated heterocycles. The molecule has 0 saturated carbocycles. The Morgan fingerprint density at radius 3 is 2.21 bits per heavy atom. The maximum absolute atomic E-state index is 11.4. The molecule has 1 atom stereocenters. The molecule has 19 heavy (non-hydrogen) atoms. The predicted octanol–water partition coefficient (Wildman–Crippen LogP) is 3.40. The zero-order valence-corrected chi connectivity index (χ0v) is 12.4. The quantitative estimate of drug-likeness (QED) is 0.347. The molecule has 0 N–H and O–H groups in total. The van der Waals surface area contributed by atoms with Crippen molar-refractivity contribution in [1.29, 1.82) is 0 Å². The Labute approximate surface area is 116 Å². The third-order valence-electron chi connectivity index (χ3n) is 2.96. The van der Waals surface area contributed by atoms with Crippen LogP contribution in [0.3, 0.4) is 0 Å². The first-order chi connectivity index (χ1) is 9.02. The van der Waals surface area contributed by atoms with Gasteiger partial charge in [0.05, 0.1) is 12.7 Å². The number of hydrogen-bond donors (Lipinski definition) is 0. The van der Waals surface area contributed by atoms with Crippen LogP contribution < -0.4 is 0 Å². The van der Waals surface area contributed by atoms with Crippen LogP contribution in [0.2, 0.25) is 0 Å². The van der Waals surface area contributed by atoms with E-state index in [1.54, 1.807) is 0 Å². The summed E-state index contributed by atoms with van der Waals surface area (Å²) in [4.78, 5) is 22.4. The van der Waals surface area contributed by atoms with E-state index in [1.807, 2.05) is 0 Å². The van der Waals surface area contributed by atoms with Gasteiger partial charge in [-0.1, -0.05) is 45.6 Å². The van der Waals surface area contributed by atoms with Gasteiger partial charge in [0.2, 0.25) is 0 Å². The van der Waals surface area contributed by atoms with Gasteiger partial charge >= 0.3 is 11.9 Å². The molecule has 0 aromatic rings. The van der Waals surface area contributed by atoms with Gasteiger partial charge in [-0.25, -0.2) is 4.79 Å². The molecular weight excluding hydrogens is 244 g/mol. The van der Waals surface area contributed by atoms with Gasteiger partial charge in [0.1, 0.15) is 6.10 Å². The van der Waals surface area contributed by atoms with Crippen molar-refractivity contribution in [3.05, 3.63) is 12.2 Å². The lowest BCUT2D eigenvalue weighted by molar-refractivity contribution is -0.147. The average molecular weight is 270 g/mol. The fraction of sp³-hybridized carbons (Fsp3) is 0.733. The van der Waals surface area contributed by atoms with Crippen molar-refractivity contribution in [1.82, 2.24) is 0 Å². The first-order valence-corrected chi connectivity index (χ1v) is 6.97. The minimum absolute atomic E-state index is 0.214. The zero-order valence-electron chi connectivity index (χ0n) is 12.4. The van der Waals surface area contributed by atoms with Crippen molar-refractivity contribution in [2.24, 2.45) is 0 Å². The molecule has 0 aliphatic rings. The molecular formula is C15H26O4. The van der Waals surface area contributed by atoms with Gasteiger partial charge in [0.15, 0.2) is 0 Å². The molecule has 0 rings (SSSR count). The molecule has 1 unspecified atom stereocenters. The Hall–Kier alpha value is -1.32. The highest BCUT2D eigenvalue weighted by Crippen LogP contribution is 2.16. The van der Waals surface area contributed by atoms with Gasteiger partial charge in [0.25, 0.3) is 0 Å². The smallest absolute Gasteiger partial charge is 0.336 e. The number of carbonyl (C=O) groups is 2. The van der Waals surface area contributed by atoms with Crippen LogP contribution >= 0.6 is 0 Å². The highest BCUT2D eigenvalue weighted by molar-refractivity contribution is 5.89. The zero-order chi connectivity index (χ0) is 14.7. The number of methoxy groups -OCH3 is 1. The van der Waals surface area contributed by atoms with E-state index in [0.717, 1.165) is 12.8 Å². The van der Waals surface area contributed by atoms with E-state index in [-0.39, 0.29) is 5.57 Å². The lowest BCUT2D eigenvalue weighted by Gasteiger charge is -2.17. The summed E-state index contributed by atoms with van der Waals surface area (Å²) in [6.07, 6.45) is 6.93. The summed E-state index contributed by atoms with van der Waals surface area (Å²) in [6.45, 7) is 7.17. The van der Waals surface area contributed by atoms with Crippen molar-refractivity contribution >= 4 is 11.9 Å². The first-order valence-electron chi connectivity index (χ1n) is 6.97. The summed E-state index contributed by atoms with van der Waals surface area (Å²) in [7, 11) is 1.29. The number of carbonyl (C=O) groups excluding carboxylic acids is 2. The van der Waals surface area contributed by atoms with E-state index >= 15 is 0 Å². The van der Waals surface area contributed by atoms with Gasteiger partial charge in [-0.15, -0.1) is 0 Å². The molecule has 0 bridgehead atoms. The summed E-state index contributed by atoms with van der Waals surface area (Å²) >= 11 is 0. The maximum atomic E-state index is 11.4. The molecule has 0 aromatic heterocycles. The number of unbranched alkanes of at least 4 members (excludes halogenated alkanes) is 5. The lowest BCUT2D eigenvalue weighted by atomic mass is 10.0. The van der Waals surface area contributed by atoms with Crippen molar-refractivity contribution in [3.8, 4) is 0 Å². The number of esters is 2. The molecule has 0 spiro atoms. The molecule has 4 nitrogen and oxygen atoms in total. The van der Waals surface area contributed by atoms with Crippen LogP contribution in [-0.4, -0.2) is 25.2 Å². The molecule has 0 radical (unpaired) electrons. The normalized spacial score (nSPS) is 11.7. The van der Waals surface area contributed by atoms with Gasteiger partial charge in [-0.05, 0) is 12.8 Å². The highest BCUT2D eigenvalue weighted by atomic mass is 16.6.